The number of methoxy groups -OCH3 is 2. The minimum Gasteiger partial charge on any atom is -0.494 e. The molecule has 0 aromatic heterocycles. The number of aldehydes is 1. The molecule has 0 bridgehead atoms. The minimum atomic E-state index is -0.607. The summed E-state index contributed by atoms with van der Waals surface area (Å²) in [6.07, 6.45) is 5.85. The second kappa shape index (κ2) is 7.97. The van der Waals surface area contributed by atoms with E-state index in [0.717, 1.165) is 12.7 Å². The molecule has 1 saturated heterocycles. The number of nitrogens with one attached hydrogen (secondary N) is 1. The van der Waals surface area contributed by atoms with E-state index >= 15 is 0 Å². The highest BCUT2D eigenvalue weighted by Gasteiger charge is 2.50. The van der Waals surface area contributed by atoms with Gasteiger partial charge in [0, 0.05) is 43.6 Å². The molecular weight excluding hydrogens is 320 g/mol. The number of rotatable bonds is 7. The highest BCUT2D eigenvalue weighted by molar-refractivity contribution is 6.03. The van der Waals surface area contributed by atoms with E-state index in [9.17, 15) is 9.59 Å². The first-order valence-corrected chi connectivity index (χ1v) is 8.62. The van der Waals surface area contributed by atoms with Crippen molar-refractivity contribution in [2.24, 2.45) is 5.41 Å². The predicted octanol–water partition coefficient (Wildman–Crippen LogP) is 1.79. The van der Waals surface area contributed by atoms with Crippen LogP contribution in [-0.4, -0.2) is 57.4 Å². The van der Waals surface area contributed by atoms with Gasteiger partial charge in [0.25, 0.3) is 0 Å². The van der Waals surface area contributed by atoms with Crippen LogP contribution < -0.4 is 5.32 Å². The van der Waals surface area contributed by atoms with Crippen LogP contribution in [0.5, 0.6) is 0 Å². The SMILES string of the molecule is CC/C=C1\C(C=O)=CN2CC(NC)C(C)(CCOC)C(=O)C2=C1OC. The van der Waals surface area contributed by atoms with Crippen LogP contribution in [0.25, 0.3) is 0 Å². The summed E-state index contributed by atoms with van der Waals surface area (Å²) in [5.41, 5.74) is 1.14. The smallest absolute Gasteiger partial charge is 0.190 e. The normalized spacial score (nSPS) is 28.1. The Balaban J connectivity index is 2.59. The van der Waals surface area contributed by atoms with E-state index < -0.39 is 5.41 Å². The Labute approximate surface area is 149 Å². The van der Waals surface area contributed by atoms with Crippen molar-refractivity contribution in [2.75, 3.05) is 34.4 Å². The maximum absolute atomic E-state index is 13.5. The molecule has 6 nitrogen and oxygen atoms in total. The monoisotopic (exact) mass is 348 g/mol. The Morgan fingerprint density at radius 3 is 2.68 bits per heavy atom. The molecule has 1 fully saturated rings. The number of fused-ring (bicyclic) bond motifs is 1. The lowest BCUT2D eigenvalue weighted by Crippen LogP contribution is -2.59. The second-order valence-corrected chi connectivity index (χ2v) is 6.59. The van der Waals surface area contributed by atoms with Crippen molar-refractivity contribution in [3.05, 3.63) is 34.9 Å². The number of ketones is 1. The molecule has 2 aliphatic rings. The third-order valence-corrected chi connectivity index (χ3v) is 5.15. The number of allylic oxidation sites excluding steroid dienone is 3. The van der Waals surface area contributed by atoms with Crippen molar-refractivity contribution < 1.29 is 19.1 Å². The van der Waals surface area contributed by atoms with Gasteiger partial charge in [-0.2, -0.15) is 0 Å². The number of carbonyl (C=O) groups excluding carboxylic acids is 2. The first-order valence-electron chi connectivity index (χ1n) is 8.62. The van der Waals surface area contributed by atoms with Crippen molar-refractivity contribution in [2.45, 2.75) is 32.7 Å². The molecule has 0 spiro atoms. The molecule has 2 atom stereocenters. The fraction of sp³-hybridized carbons (Fsp3) is 0.579. The molecule has 0 aliphatic carbocycles. The maximum atomic E-state index is 13.5. The lowest BCUT2D eigenvalue weighted by Gasteiger charge is -2.47. The highest BCUT2D eigenvalue weighted by atomic mass is 16.5. The van der Waals surface area contributed by atoms with Crippen LogP contribution in [0, 0.1) is 5.41 Å². The molecule has 0 saturated carbocycles. The maximum Gasteiger partial charge on any atom is 0.190 e. The van der Waals surface area contributed by atoms with Crippen LogP contribution in [0.3, 0.4) is 0 Å². The molecule has 2 aliphatic heterocycles. The predicted molar refractivity (Wildman–Crippen MR) is 95.7 cm³/mol. The van der Waals surface area contributed by atoms with Gasteiger partial charge < -0.3 is 19.7 Å². The number of piperidine rings is 1. The summed E-state index contributed by atoms with van der Waals surface area (Å²) in [7, 11) is 5.03. The van der Waals surface area contributed by atoms with Crippen LogP contribution in [-0.2, 0) is 19.1 Å². The van der Waals surface area contributed by atoms with E-state index in [1.807, 2.05) is 31.9 Å². The third kappa shape index (κ3) is 3.28. The lowest BCUT2D eigenvalue weighted by atomic mass is 9.70. The van der Waals surface area contributed by atoms with Crippen molar-refractivity contribution in [1.82, 2.24) is 10.2 Å². The van der Waals surface area contributed by atoms with E-state index in [1.54, 1.807) is 20.4 Å². The molecule has 0 amide bonds. The topological polar surface area (TPSA) is 67.9 Å². The Hall–Kier alpha value is -1.92. The summed E-state index contributed by atoms with van der Waals surface area (Å²) in [6.45, 7) is 5.04. The van der Waals surface area contributed by atoms with E-state index in [0.29, 0.717) is 42.2 Å². The largest absolute Gasteiger partial charge is 0.494 e. The molecule has 1 N–H and O–H groups in total. The summed E-state index contributed by atoms with van der Waals surface area (Å²) in [5.74, 6) is 0.491. The number of carbonyl (C=O) groups is 2. The summed E-state index contributed by atoms with van der Waals surface area (Å²) >= 11 is 0. The molecule has 0 aromatic rings. The molecule has 2 unspecified atom stereocenters. The Bertz CT molecular complexity index is 635. The zero-order chi connectivity index (χ0) is 18.6. The molecule has 25 heavy (non-hydrogen) atoms. The van der Waals surface area contributed by atoms with Crippen LogP contribution in [0.4, 0.5) is 0 Å². The van der Waals surface area contributed by atoms with Crippen molar-refractivity contribution >= 4 is 12.1 Å². The Morgan fingerprint density at radius 2 is 2.16 bits per heavy atom. The first kappa shape index (κ1) is 19.4. The van der Waals surface area contributed by atoms with E-state index in [2.05, 4.69) is 5.32 Å². The summed E-state index contributed by atoms with van der Waals surface area (Å²) in [6, 6.07) is -0.0575. The Kier molecular flexibility index (Phi) is 6.19. The van der Waals surface area contributed by atoms with Crippen LogP contribution in [0.2, 0.25) is 0 Å². The van der Waals surface area contributed by atoms with Gasteiger partial charge in [-0.15, -0.1) is 0 Å². The highest BCUT2D eigenvalue weighted by Crippen LogP contribution is 2.42. The van der Waals surface area contributed by atoms with Gasteiger partial charge >= 0.3 is 0 Å². The van der Waals surface area contributed by atoms with Gasteiger partial charge in [0.2, 0.25) is 0 Å². The number of hydrogen-bond acceptors (Lipinski definition) is 6. The third-order valence-electron chi connectivity index (χ3n) is 5.15. The molecule has 0 radical (unpaired) electrons. The van der Waals surface area contributed by atoms with E-state index in [1.165, 1.54) is 0 Å². The number of likely N-dealkylation sites (N-methyl/N-ethyl adjacent to an activating group) is 1. The van der Waals surface area contributed by atoms with Gasteiger partial charge in [0.05, 0.1) is 12.5 Å². The lowest BCUT2D eigenvalue weighted by molar-refractivity contribution is -0.131. The number of nitrogens with zero attached hydrogens (tertiary/aromatic N) is 1. The summed E-state index contributed by atoms with van der Waals surface area (Å²) in [5, 5.41) is 3.26. The molecule has 138 valence electrons. The van der Waals surface area contributed by atoms with Gasteiger partial charge in [-0.05, 0) is 19.9 Å². The van der Waals surface area contributed by atoms with Crippen molar-refractivity contribution in [3.8, 4) is 0 Å². The van der Waals surface area contributed by atoms with Gasteiger partial charge in [-0.1, -0.05) is 19.9 Å². The molecular formula is C19H28N2O4. The fourth-order valence-electron chi connectivity index (χ4n) is 3.62. The van der Waals surface area contributed by atoms with Crippen LogP contribution in [0.1, 0.15) is 26.7 Å². The van der Waals surface area contributed by atoms with Crippen LogP contribution in [0.15, 0.2) is 34.9 Å². The van der Waals surface area contributed by atoms with E-state index in [-0.39, 0.29) is 11.8 Å². The molecule has 0 aromatic carbocycles. The average molecular weight is 348 g/mol. The zero-order valence-electron chi connectivity index (χ0n) is 15.7. The van der Waals surface area contributed by atoms with E-state index in [4.69, 9.17) is 9.47 Å². The molecule has 2 heterocycles. The average Bonchev–Trinajstić information content (AvgIpc) is 2.62. The Morgan fingerprint density at radius 1 is 1.44 bits per heavy atom. The van der Waals surface area contributed by atoms with Gasteiger partial charge in [0.1, 0.15) is 5.70 Å². The van der Waals surface area contributed by atoms with Gasteiger partial charge in [-0.3, -0.25) is 9.59 Å². The summed E-state index contributed by atoms with van der Waals surface area (Å²) < 4.78 is 10.8. The quantitative estimate of drug-likeness (QED) is 0.708. The second-order valence-electron chi connectivity index (χ2n) is 6.59. The number of hydrogen-bond donors (Lipinski definition) is 1. The number of Topliss-reactive ketones (excluding diaryl/α,β-unsaturated/α-hetero) is 1. The van der Waals surface area contributed by atoms with Gasteiger partial charge in [-0.25, -0.2) is 0 Å². The fourth-order valence-corrected chi connectivity index (χ4v) is 3.62. The van der Waals surface area contributed by atoms with Crippen molar-refractivity contribution in [3.63, 3.8) is 0 Å². The standard InChI is InChI=1S/C19H28N2O4/c1-6-7-14-13(12-22)10-21-11-15(20-3)19(2,8-9-24-4)18(23)16(21)17(14)25-5/h7,10,12,15,20H,6,8-9,11H2,1-5H3/b14-7+. The minimum absolute atomic E-state index is 0.00945. The summed E-state index contributed by atoms with van der Waals surface area (Å²) in [4.78, 5) is 26.8. The number of ether oxygens (including phenoxy) is 2. The first-order chi connectivity index (χ1) is 12.0. The van der Waals surface area contributed by atoms with Crippen molar-refractivity contribution in [1.29, 1.82) is 0 Å². The zero-order valence-corrected chi connectivity index (χ0v) is 15.7. The van der Waals surface area contributed by atoms with Crippen LogP contribution >= 0.6 is 0 Å². The van der Waals surface area contributed by atoms with Gasteiger partial charge in [0.15, 0.2) is 17.8 Å². The molecule has 6 heteroatoms. The molecule has 2 rings (SSSR count).